The largest absolute Gasteiger partial charge is 0.370 e. The van der Waals surface area contributed by atoms with Gasteiger partial charge in [0.25, 0.3) is 0 Å². The van der Waals surface area contributed by atoms with Crippen LogP contribution in [0.15, 0.2) is 53.7 Å². The Balaban J connectivity index is 1.80. The lowest BCUT2D eigenvalue weighted by Crippen LogP contribution is -2.41. The molecular weight excluding hydrogens is 298 g/mol. The summed E-state index contributed by atoms with van der Waals surface area (Å²) in [6.07, 6.45) is 1.80. The summed E-state index contributed by atoms with van der Waals surface area (Å²) in [5.41, 5.74) is 3.54. The van der Waals surface area contributed by atoms with Crippen LogP contribution in [0.4, 0.5) is 5.69 Å². The highest BCUT2D eigenvalue weighted by molar-refractivity contribution is 5.79. The van der Waals surface area contributed by atoms with Gasteiger partial charge >= 0.3 is 0 Å². The molecule has 0 spiro atoms. The Morgan fingerprint density at radius 3 is 2.71 bits per heavy atom. The van der Waals surface area contributed by atoms with Crippen molar-refractivity contribution in [3.05, 3.63) is 59.9 Å². The van der Waals surface area contributed by atoms with E-state index in [0.717, 1.165) is 31.3 Å². The Bertz CT molecular complexity index is 639. The molecule has 24 heavy (non-hydrogen) atoms. The number of likely N-dealkylation sites (N-methyl/N-ethyl adjacent to an activating group) is 1. The van der Waals surface area contributed by atoms with E-state index in [1.165, 1.54) is 11.3 Å². The standard InChI is InChI=1S/C19H27N5/c1-4-24(18-10-7-8-16(2)14-18)13-12-22-19(20-3)23-15-17-9-5-6-11-21-17/h5-11,14H,4,12-13,15H2,1-3H3,(H2,20,22,23). The Kier molecular flexibility index (Phi) is 7.08. The van der Waals surface area contributed by atoms with Crippen LogP contribution >= 0.6 is 0 Å². The molecule has 0 saturated carbocycles. The summed E-state index contributed by atoms with van der Waals surface area (Å²) in [7, 11) is 1.78. The van der Waals surface area contributed by atoms with Crippen molar-refractivity contribution in [1.82, 2.24) is 15.6 Å². The minimum atomic E-state index is 0.663. The number of anilines is 1. The second-order valence-electron chi connectivity index (χ2n) is 5.59. The van der Waals surface area contributed by atoms with Gasteiger partial charge in [-0.2, -0.15) is 0 Å². The molecule has 0 aliphatic carbocycles. The van der Waals surface area contributed by atoms with Crippen molar-refractivity contribution >= 4 is 11.6 Å². The molecule has 1 heterocycles. The van der Waals surface area contributed by atoms with E-state index in [0.29, 0.717) is 6.54 Å². The van der Waals surface area contributed by atoms with Crippen LogP contribution in [0.5, 0.6) is 0 Å². The zero-order valence-electron chi connectivity index (χ0n) is 14.8. The lowest BCUT2D eigenvalue weighted by Gasteiger charge is -2.24. The predicted molar refractivity (Wildman–Crippen MR) is 102 cm³/mol. The third-order valence-electron chi connectivity index (χ3n) is 3.81. The fraction of sp³-hybridized carbons (Fsp3) is 0.368. The number of hydrogen-bond donors (Lipinski definition) is 2. The predicted octanol–water partition coefficient (Wildman–Crippen LogP) is 2.58. The Labute approximate surface area is 144 Å². The van der Waals surface area contributed by atoms with Crippen molar-refractivity contribution in [2.24, 2.45) is 4.99 Å². The number of aromatic nitrogens is 1. The number of benzene rings is 1. The van der Waals surface area contributed by atoms with Crippen LogP contribution in [0.1, 0.15) is 18.2 Å². The molecule has 2 N–H and O–H groups in total. The van der Waals surface area contributed by atoms with Gasteiger partial charge in [0.15, 0.2) is 5.96 Å². The fourth-order valence-electron chi connectivity index (χ4n) is 2.50. The van der Waals surface area contributed by atoms with Gasteiger partial charge in [0.05, 0.1) is 12.2 Å². The first-order valence-electron chi connectivity index (χ1n) is 8.39. The average molecular weight is 325 g/mol. The maximum Gasteiger partial charge on any atom is 0.191 e. The third kappa shape index (κ3) is 5.57. The zero-order valence-corrected chi connectivity index (χ0v) is 14.8. The molecule has 0 aliphatic rings. The maximum atomic E-state index is 4.30. The highest BCUT2D eigenvalue weighted by Gasteiger charge is 2.05. The van der Waals surface area contributed by atoms with Gasteiger partial charge in [0, 0.05) is 38.6 Å². The SMILES string of the molecule is CCN(CCNC(=NC)NCc1ccccn1)c1cccc(C)c1. The topological polar surface area (TPSA) is 52.5 Å². The van der Waals surface area contributed by atoms with E-state index >= 15 is 0 Å². The highest BCUT2D eigenvalue weighted by Crippen LogP contribution is 2.14. The van der Waals surface area contributed by atoms with E-state index in [1.54, 1.807) is 13.2 Å². The fourth-order valence-corrected chi connectivity index (χ4v) is 2.50. The van der Waals surface area contributed by atoms with Crippen molar-refractivity contribution in [2.75, 3.05) is 31.6 Å². The van der Waals surface area contributed by atoms with E-state index in [1.807, 2.05) is 18.2 Å². The van der Waals surface area contributed by atoms with Crippen molar-refractivity contribution < 1.29 is 0 Å². The lowest BCUT2D eigenvalue weighted by molar-refractivity contribution is 0.746. The van der Waals surface area contributed by atoms with Crippen LogP contribution in [-0.2, 0) is 6.54 Å². The Morgan fingerprint density at radius 2 is 2.04 bits per heavy atom. The number of aliphatic imine (C=N–C) groups is 1. The van der Waals surface area contributed by atoms with Gasteiger partial charge in [-0.15, -0.1) is 0 Å². The second kappa shape index (κ2) is 9.55. The normalized spacial score (nSPS) is 11.2. The van der Waals surface area contributed by atoms with Crippen LogP contribution in [-0.4, -0.2) is 37.6 Å². The summed E-state index contributed by atoms with van der Waals surface area (Å²) >= 11 is 0. The molecule has 0 unspecified atom stereocenters. The Hall–Kier alpha value is -2.56. The molecule has 1 aromatic carbocycles. The van der Waals surface area contributed by atoms with Gasteiger partial charge in [-0.05, 0) is 43.7 Å². The minimum Gasteiger partial charge on any atom is -0.370 e. The molecule has 5 nitrogen and oxygen atoms in total. The van der Waals surface area contributed by atoms with E-state index in [4.69, 9.17) is 0 Å². The monoisotopic (exact) mass is 325 g/mol. The molecule has 0 fully saturated rings. The van der Waals surface area contributed by atoms with Gasteiger partial charge < -0.3 is 15.5 Å². The average Bonchev–Trinajstić information content (AvgIpc) is 2.62. The third-order valence-corrected chi connectivity index (χ3v) is 3.81. The van der Waals surface area contributed by atoms with Crippen molar-refractivity contribution in [1.29, 1.82) is 0 Å². The molecule has 0 atom stereocenters. The van der Waals surface area contributed by atoms with Crippen LogP contribution in [0.25, 0.3) is 0 Å². The molecule has 0 bridgehead atoms. The number of nitrogens with zero attached hydrogens (tertiary/aromatic N) is 3. The summed E-state index contributed by atoms with van der Waals surface area (Å²) in [6, 6.07) is 14.5. The first-order valence-corrected chi connectivity index (χ1v) is 8.39. The summed E-state index contributed by atoms with van der Waals surface area (Å²) in [5, 5.41) is 6.64. The van der Waals surface area contributed by atoms with Crippen molar-refractivity contribution in [2.45, 2.75) is 20.4 Å². The number of nitrogens with one attached hydrogen (secondary N) is 2. The zero-order chi connectivity index (χ0) is 17.2. The van der Waals surface area contributed by atoms with E-state index < -0.39 is 0 Å². The molecule has 0 radical (unpaired) electrons. The van der Waals surface area contributed by atoms with Crippen molar-refractivity contribution in [3.8, 4) is 0 Å². The first kappa shape index (κ1) is 17.8. The first-order chi connectivity index (χ1) is 11.7. The van der Waals surface area contributed by atoms with E-state index in [2.05, 4.69) is 63.6 Å². The molecule has 5 heteroatoms. The molecule has 0 saturated heterocycles. The number of rotatable bonds is 7. The minimum absolute atomic E-state index is 0.663. The van der Waals surface area contributed by atoms with E-state index in [9.17, 15) is 0 Å². The molecule has 128 valence electrons. The summed E-state index contributed by atoms with van der Waals surface area (Å²) in [6.45, 7) is 7.68. The summed E-state index contributed by atoms with van der Waals surface area (Å²) in [4.78, 5) is 10.9. The lowest BCUT2D eigenvalue weighted by atomic mass is 10.2. The van der Waals surface area contributed by atoms with Crippen LogP contribution in [0.2, 0.25) is 0 Å². The van der Waals surface area contributed by atoms with Crippen LogP contribution in [0, 0.1) is 6.92 Å². The van der Waals surface area contributed by atoms with Gasteiger partial charge in [-0.25, -0.2) is 0 Å². The molecule has 2 aromatic rings. The molecule has 2 rings (SSSR count). The summed E-state index contributed by atoms with van der Waals surface area (Å²) in [5.74, 6) is 0.793. The maximum absolute atomic E-state index is 4.30. The molecule has 1 aromatic heterocycles. The van der Waals surface area contributed by atoms with Gasteiger partial charge in [0.1, 0.15) is 0 Å². The smallest absolute Gasteiger partial charge is 0.191 e. The van der Waals surface area contributed by atoms with Crippen LogP contribution < -0.4 is 15.5 Å². The van der Waals surface area contributed by atoms with Crippen molar-refractivity contribution in [3.63, 3.8) is 0 Å². The molecule has 0 aliphatic heterocycles. The number of guanidine groups is 1. The Morgan fingerprint density at radius 1 is 1.17 bits per heavy atom. The number of aryl methyl sites for hydroxylation is 1. The van der Waals surface area contributed by atoms with Gasteiger partial charge in [-0.1, -0.05) is 18.2 Å². The molecular formula is C19H27N5. The number of pyridine rings is 1. The van der Waals surface area contributed by atoms with E-state index in [-0.39, 0.29) is 0 Å². The summed E-state index contributed by atoms with van der Waals surface area (Å²) < 4.78 is 0. The van der Waals surface area contributed by atoms with Crippen LogP contribution in [0.3, 0.4) is 0 Å². The molecule has 0 amide bonds. The highest BCUT2D eigenvalue weighted by atomic mass is 15.2. The number of hydrogen-bond acceptors (Lipinski definition) is 3. The van der Waals surface area contributed by atoms with Gasteiger partial charge in [0.2, 0.25) is 0 Å². The quantitative estimate of drug-likeness (QED) is 0.607. The van der Waals surface area contributed by atoms with Gasteiger partial charge in [-0.3, -0.25) is 9.98 Å². The second-order valence-corrected chi connectivity index (χ2v) is 5.59.